The van der Waals surface area contributed by atoms with Crippen molar-refractivity contribution in [2.24, 2.45) is 0 Å². The summed E-state index contributed by atoms with van der Waals surface area (Å²) >= 11 is 1.22. The van der Waals surface area contributed by atoms with Crippen molar-refractivity contribution in [3.8, 4) is 11.4 Å². The number of carbonyl (C=O) groups excluding carboxylic acids is 2. The first-order valence-corrected chi connectivity index (χ1v) is 8.85. The van der Waals surface area contributed by atoms with E-state index in [0.29, 0.717) is 18.2 Å². The molecule has 2 N–H and O–H groups in total. The van der Waals surface area contributed by atoms with Crippen molar-refractivity contribution in [1.29, 1.82) is 0 Å². The summed E-state index contributed by atoms with van der Waals surface area (Å²) in [5.74, 6) is 0.400. The Hall–Kier alpha value is -2.61. The molecule has 7 nitrogen and oxygen atoms in total. The van der Waals surface area contributed by atoms with Crippen LogP contribution in [-0.2, 0) is 11.3 Å². The van der Waals surface area contributed by atoms with Crippen LogP contribution in [0.2, 0.25) is 0 Å². The Morgan fingerprint density at radius 3 is 2.84 bits per heavy atom. The zero-order chi connectivity index (χ0) is 18.2. The molecule has 0 saturated heterocycles. The fraction of sp³-hybridized carbons (Fsp3) is 0.294. The van der Waals surface area contributed by atoms with E-state index in [1.54, 1.807) is 13.0 Å². The maximum Gasteiger partial charge on any atom is 0.321 e. The minimum absolute atomic E-state index is 0.0697. The van der Waals surface area contributed by atoms with E-state index in [-0.39, 0.29) is 11.7 Å². The average Bonchev–Trinajstić information content (AvgIpc) is 2.96. The lowest BCUT2D eigenvalue weighted by atomic mass is 10.1. The Bertz CT molecular complexity index is 772. The van der Waals surface area contributed by atoms with Gasteiger partial charge >= 0.3 is 6.03 Å². The zero-order valence-corrected chi connectivity index (χ0v) is 15.1. The van der Waals surface area contributed by atoms with Crippen LogP contribution in [0, 0.1) is 6.92 Å². The van der Waals surface area contributed by atoms with Gasteiger partial charge in [-0.25, -0.2) is 4.79 Å². The van der Waals surface area contributed by atoms with Crippen LogP contribution < -0.4 is 10.6 Å². The minimum Gasteiger partial charge on any atom is -0.338 e. The van der Waals surface area contributed by atoms with Crippen LogP contribution >= 0.6 is 11.8 Å². The van der Waals surface area contributed by atoms with Crippen LogP contribution in [0.15, 0.2) is 42.1 Å². The summed E-state index contributed by atoms with van der Waals surface area (Å²) in [5.41, 5.74) is 2.08. The molecular weight excluding hydrogens is 338 g/mol. The van der Waals surface area contributed by atoms with Crippen molar-refractivity contribution in [2.75, 3.05) is 12.3 Å². The topological polar surface area (TPSA) is 88.9 Å². The molecule has 25 heavy (non-hydrogen) atoms. The van der Waals surface area contributed by atoms with Crippen molar-refractivity contribution >= 4 is 23.7 Å². The van der Waals surface area contributed by atoms with Crippen molar-refractivity contribution in [3.05, 3.63) is 42.5 Å². The summed E-state index contributed by atoms with van der Waals surface area (Å²) in [5, 5.41) is 13.8. The van der Waals surface area contributed by atoms with Crippen LogP contribution in [0.4, 0.5) is 4.79 Å². The standard InChI is InChI=1S/C17H21N5O2S/c1-4-9-22-15(13-8-6-7-12(3)10-13)20-21-17(22)25-11-14(23)19-16(24)18-5-2/h4,6-8,10H,1,5,9,11H2,2-3H3,(H2,18,19,23,24). The van der Waals surface area contributed by atoms with Gasteiger partial charge in [-0.1, -0.05) is 41.6 Å². The Labute approximate surface area is 150 Å². The van der Waals surface area contributed by atoms with E-state index in [9.17, 15) is 9.59 Å². The molecule has 2 rings (SSSR count). The highest BCUT2D eigenvalue weighted by atomic mass is 32.2. The third-order valence-corrected chi connectivity index (χ3v) is 4.19. The van der Waals surface area contributed by atoms with Crippen LogP contribution in [0.1, 0.15) is 12.5 Å². The molecule has 2 aromatic rings. The average molecular weight is 359 g/mol. The third-order valence-electron chi connectivity index (χ3n) is 3.23. The molecule has 0 radical (unpaired) electrons. The van der Waals surface area contributed by atoms with E-state index in [1.165, 1.54) is 11.8 Å². The lowest BCUT2D eigenvalue weighted by molar-refractivity contribution is -0.117. The number of carbonyl (C=O) groups is 2. The van der Waals surface area contributed by atoms with Gasteiger partial charge in [0.15, 0.2) is 11.0 Å². The smallest absolute Gasteiger partial charge is 0.321 e. The summed E-state index contributed by atoms with van der Waals surface area (Å²) in [4.78, 5) is 23.2. The van der Waals surface area contributed by atoms with Gasteiger partial charge in [0, 0.05) is 18.7 Å². The lowest BCUT2D eigenvalue weighted by Gasteiger charge is -2.08. The second kappa shape index (κ2) is 9.03. The molecule has 0 fully saturated rings. The predicted molar refractivity (Wildman–Crippen MR) is 98.3 cm³/mol. The largest absolute Gasteiger partial charge is 0.338 e. The Kier molecular flexibility index (Phi) is 6.76. The molecule has 1 aromatic carbocycles. The summed E-state index contributed by atoms with van der Waals surface area (Å²) in [6.07, 6.45) is 1.75. The van der Waals surface area contributed by atoms with E-state index in [0.717, 1.165) is 17.0 Å². The molecule has 0 saturated carbocycles. The molecule has 8 heteroatoms. The van der Waals surface area contributed by atoms with Gasteiger partial charge in [-0.15, -0.1) is 16.8 Å². The number of aryl methyl sites for hydroxylation is 1. The van der Waals surface area contributed by atoms with Crippen LogP contribution in [0.25, 0.3) is 11.4 Å². The Balaban J connectivity index is 2.12. The summed E-state index contributed by atoms with van der Waals surface area (Å²) in [6, 6.07) is 7.47. The molecule has 1 aromatic heterocycles. The van der Waals surface area contributed by atoms with E-state index < -0.39 is 6.03 Å². The predicted octanol–water partition coefficient (Wildman–Crippen LogP) is 2.38. The number of hydrogen-bond acceptors (Lipinski definition) is 5. The van der Waals surface area contributed by atoms with Gasteiger partial charge < -0.3 is 5.32 Å². The van der Waals surface area contributed by atoms with Crippen LogP contribution in [0.5, 0.6) is 0 Å². The maximum absolute atomic E-state index is 11.8. The van der Waals surface area contributed by atoms with Crippen LogP contribution in [-0.4, -0.2) is 39.0 Å². The molecule has 0 aliphatic carbocycles. The minimum atomic E-state index is -0.499. The second-order valence-electron chi connectivity index (χ2n) is 5.27. The molecule has 0 aliphatic heterocycles. The number of nitrogens with zero attached hydrogens (tertiary/aromatic N) is 3. The second-order valence-corrected chi connectivity index (χ2v) is 6.21. The van der Waals surface area contributed by atoms with Gasteiger partial charge in [-0.2, -0.15) is 0 Å². The number of hydrogen-bond donors (Lipinski definition) is 2. The molecule has 0 bridgehead atoms. The van der Waals surface area contributed by atoms with Gasteiger partial charge in [0.2, 0.25) is 5.91 Å². The highest BCUT2D eigenvalue weighted by Crippen LogP contribution is 2.24. The van der Waals surface area contributed by atoms with E-state index >= 15 is 0 Å². The van der Waals surface area contributed by atoms with E-state index in [4.69, 9.17) is 0 Å². The monoisotopic (exact) mass is 359 g/mol. The first-order valence-electron chi connectivity index (χ1n) is 7.86. The highest BCUT2D eigenvalue weighted by molar-refractivity contribution is 7.99. The molecule has 0 atom stereocenters. The number of rotatable bonds is 7. The van der Waals surface area contributed by atoms with E-state index in [1.807, 2.05) is 35.8 Å². The van der Waals surface area contributed by atoms with Crippen molar-refractivity contribution < 1.29 is 9.59 Å². The van der Waals surface area contributed by atoms with Gasteiger partial charge in [0.1, 0.15) is 0 Å². The Morgan fingerprint density at radius 2 is 2.16 bits per heavy atom. The number of amides is 3. The number of aromatic nitrogens is 3. The number of allylic oxidation sites excluding steroid dienone is 1. The number of thioether (sulfide) groups is 1. The summed E-state index contributed by atoms with van der Waals surface area (Å²) < 4.78 is 1.89. The summed E-state index contributed by atoms with van der Waals surface area (Å²) in [7, 11) is 0. The van der Waals surface area contributed by atoms with Gasteiger partial charge in [-0.05, 0) is 19.9 Å². The first kappa shape index (κ1) is 18.7. The fourth-order valence-electron chi connectivity index (χ4n) is 2.18. The molecule has 0 aliphatic rings. The number of nitrogens with one attached hydrogen (secondary N) is 2. The van der Waals surface area contributed by atoms with Crippen molar-refractivity contribution in [2.45, 2.75) is 25.5 Å². The van der Waals surface area contributed by atoms with Gasteiger partial charge in [0.05, 0.1) is 5.75 Å². The number of imide groups is 1. The first-order chi connectivity index (χ1) is 12.0. The van der Waals surface area contributed by atoms with Crippen LogP contribution in [0.3, 0.4) is 0 Å². The molecular formula is C17H21N5O2S. The van der Waals surface area contributed by atoms with E-state index in [2.05, 4.69) is 27.4 Å². The highest BCUT2D eigenvalue weighted by Gasteiger charge is 2.15. The molecule has 1 heterocycles. The Morgan fingerprint density at radius 1 is 1.36 bits per heavy atom. The van der Waals surface area contributed by atoms with Crippen molar-refractivity contribution in [3.63, 3.8) is 0 Å². The molecule has 0 spiro atoms. The van der Waals surface area contributed by atoms with Gasteiger partial charge in [-0.3, -0.25) is 14.7 Å². The zero-order valence-electron chi connectivity index (χ0n) is 14.3. The van der Waals surface area contributed by atoms with Crippen molar-refractivity contribution in [1.82, 2.24) is 25.4 Å². The lowest BCUT2D eigenvalue weighted by Crippen LogP contribution is -2.40. The molecule has 3 amide bonds. The number of urea groups is 1. The summed E-state index contributed by atoms with van der Waals surface area (Å²) in [6.45, 7) is 8.54. The fourth-order valence-corrected chi connectivity index (χ4v) is 2.93. The quantitative estimate of drug-likeness (QED) is 0.585. The third kappa shape index (κ3) is 5.18. The number of benzene rings is 1. The normalized spacial score (nSPS) is 10.3. The maximum atomic E-state index is 11.8. The molecule has 132 valence electrons. The van der Waals surface area contributed by atoms with Gasteiger partial charge in [0.25, 0.3) is 0 Å². The SMILES string of the molecule is C=CCn1c(SCC(=O)NC(=O)NCC)nnc1-c1cccc(C)c1. The molecule has 0 unspecified atom stereocenters.